The van der Waals surface area contributed by atoms with Gasteiger partial charge in [-0.15, -0.1) is 23.2 Å². The van der Waals surface area contributed by atoms with Crippen LogP contribution in [-0.4, -0.2) is 72.8 Å². The SMILES string of the molecule is O=C(CCl)N(CCOCc1ccccc1)CCN(CCOCc1ccccc1)C(=O)CCl. The number of rotatable bonds is 15. The quantitative estimate of drug-likeness (QED) is 0.289. The first-order chi connectivity index (χ1) is 15.6. The van der Waals surface area contributed by atoms with Crippen molar-refractivity contribution in [2.75, 3.05) is 51.2 Å². The van der Waals surface area contributed by atoms with Crippen molar-refractivity contribution < 1.29 is 19.1 Å². The Labute approximate surface area is 200 Å². The number of nitrogens with zero attached hydrogens (tertiary/aromatic N) is 2. The van der Waals surface area contributed by atoms with Gasteiger partial charge in [0.2, 0.25) is 11.8 Å². The Hall–Kier alpha value is -2.12. The first-order valence-electron chi connectivity index (χ1n) is 10.5. The summed E-state index contributed by atoms with van der Waals surface area (Å²) in [5, 5.41) is 0. The average molecular weight is 481 g/mol. The molecule has 0 N–H and O–H groups in total. The van der Waals surface area contributed by atoms with Crippen molar-refractivity contribution in [2.24, 2.45) is 0 Å². The lowest BCUT2D eigenvalue weighted by Crippen LogP contribution is -2.44. The van der Waals surface area contributed by atoms with Gasteiger partial charge in [-0.05, 0) is 11.1 Å². The summed E-state index contributed by atoms with van der Waals surface area (Å²) in [6.45, 7) is 3.18. The number of benzene rings is 2. The maximum Gasteiger partial charge on any atom is 0.237 e. The highest BCUT2D eigenvalue weighted by Gasteiger charge is 2.17. The minimum atomic E-state index is -0.200. The monoisotopic (exact) mass is 480 g/mol. The van der Waals surface area contributed by atoms with E-state index in [1.807, 2.05) is 60.7 Å². The Morgan fingerprint density at radius 2 is 1.00 bits per heavy atom. The maximum absolute atomic E-state index is 12.2. The second-order valence-electron chi connectivity index (χ2n) is 7.11. The molecule has 0 saturated heterocycles. The molecule has 0 bridgehead atoms. The van der Waals surface area contributed by atoms with Gasteiger partial charge in [0.15, 0.2) is 0 Å². The molecule has 0 atom stereocenters. The molecule has 2 amide bonds. The van der Waals surface area contributed by atoms with Gasteiger partial charge in [0.05, 0.1) is 26.4 Å². The Balaban J connectivity index is 1.77. The summed E-state index contributed by atoms with van der Waals surface area (Å²) in [5.41, 5.74) is 2.13. The van der Waals surface area contributed by atoms with Crippen molar-refractivity contribution in [3.63, 3.8) is 0 Å². The first-order valence-corrected chi connectivity index (χ1v) is 11.6. The Kier molecular flexibility index (Phi) is 12.8. The van der Waals surface area contributed by atoms with E-state index in [0.717, 1.165) is 11.1 Å². The van der Waals surface area contributed by atoms with Crippen LogP contribution in [0.15, 0.2) is 60.7 Å². The summed E-state index contributed by atoms with van der Waals surface area (Å²) < 4.78 is 11.4. The number of alkyl halides is 2. The Bertz CT molecular complexity index is 726. The number of halogens is 2. The van der Waals surface area contributed by atoms with E-state index in [0.29, 0.717) is 52.6 Å². The number of hydrogen-bond acceptors (Lipinski definition) is 4. The van der Waals surface area contributed by atoms with E-state index >= 15 is 0 Å². The second-order valence-corrected chi connectivity index (χ2v) is 7.64. The van der Waals surface area contributed by atoms with Crippen molar-refractivity contribution in [1.29, 1.82) is 0 Å². The van der Waals surface area contributed by atoms with Gasteiger partial charge in [-0.3, -0.25) is 9.59 Å². The molecule has 2 aromatic carbocycles. The van der Waals surface area contributed by atoms with Gasteiger partial charge in [0.25, 0.3) is 0 Å². The van der Waals surface area contributed by atoms with Crippen LogP contribution < -0.4 is 0 Å². The molecule has 0 fully saturated rings. The number of hydrogen-bond donors (Lipinski definition) is 0. The molecule has 0 spiro atoms. The molecular formula is C24H30Cl2N2O4. The summed E-state index contributed by atoms with van der Waals surface area (Å²) in [6.07, 6.45) is 0. The van der Waals surface area contributed by atoms with E-state index in [1.165, 1.54) is 0 Å². The highest BCUT2D eigenvalue weighted by Crippen LogP contribution is 2.04. The van der Waals surface area contributed by atoms with Gasteiger partial charge >= 0.3 is 0 Å². The predicted molar refractivity (Wildman–Crippen MR) is 127 cm³/mol. The zero-order valence-corrected chi connectivity index (χ0v) is 19.6. The zero-order chi connectivity index (χ0) is 23.0. The van der Waals surface area contributed by atoms with Crippen LogP contribution in [0.1, 0.15) is 11.1 Å². The number of amides is 2. The van der Waals surface area contributed by atoms with E-state index in [-0.39, 0.29) is 23.6 Å². The third-order valence-corrected chi connectivity index (χ3v) is 5.27. The predicted octanol–water partition coefficient (Wildman–Crippen LogP) is 3.55. The Morgan fingerprint density at radius 1 is 0.625 bits per heavy atom. The lowest BCUT2D eigenvalue weighted by Gasteiger charge is -2.27. The van der Waals surface area contributed by atoms with Crippen LogP contribution in [0.5, 0.6) is 0 Å². The van der Waals surface area contributed by atoms with Crippen LogP contribution in [0.25, 0.3) is 0 Å². The fourth-order valence-corrected chi connectivity index (χ4v) is 3.35. The summed E-state index contributed by atoms with van der Waals surface area (Å²) in [6, 6.07) is 19.6. The molecule has 174 valence electrons. The van der Waals surface area contributed by atoms with Crippen LogP contribution in [0.4, 0.5) is 0 Å². The molecule has 0 aliphatic carbocycles. The second kappa shape index (κ2) is 15.6. The normalized spacial score (nSPS) is 10.7. The minimum Gasteiger partial charge on any atom is -0.375 e. The average Bonchev–Trinajstić information content (AvgIpc) is 2.85. The fraction of sp³-hybridized carbons (Fsp3) is 0.417. The smallest absolute Gasteiger partial charge is 0.237 e. The highest BCUT2D eigenvalue weighted by molar-refractivity contribution is 6.27. The number of carbonyl (C=O) groups excluding carboxylic acids is 2. The molecule has 0 aliphatic rings. The van der Waals surface area contributed by atoms with Crippen LogP contribution >= 0.6 is 23.2 Å². The molecule has 6 nitrogen and oxygen atoms in total. The van der Waals surface area contributed by atoms with E-state index < -0.39 is 0 Å². The molecule has 0 aliphatic heterocycles. The lowest BCUT2D eigenvalue weighted by atomic mass is 10.2. The van der Waals surface area contributed by atoms with Crippen LogP contribution in [0.2, 0.25) is 0 Å². The molecule has 2 rings (SSSR count). The van der Waals surface area contributed by atoms with Gasteiger partial charge in [-0.2, -0.15) is 0 Å². The van der Waals surface area contributed by atoms with Gasteiger partial charge in [0, 0.05) is 26.2 Å². The van der Waals surface area contributed by atoms with Crippen LogP contribution in [-0.2, 0) is 32.3 Å². The third kappa shape index (κ3) is 10.0. The molecule has 32 heavy (non-hydrogen) atoms. The summed E-state index contributed by atoms with van der Waals surface area (Å²) >= 11 is 11.5. The van der Waals surface area contributed by atoms with Gasteiger partial charge in [0.1, 0.15) is 11.8 Å². The van der Waals surface area contributed by atoms with Gasteiger partial charge < -0.3 is 19.3 Å². The number of carbonyl (C=O) groups is 2. The maximum atomic E-state index is 12.2. The summed E-state index contributed by atoms with van der Waals surface area (Å²) in [5.74, 6) is -0.646. The lowest BCUT2D eigenvalue weighted by molar-refractivity contribution is -0.133. The van der Waals surface area contributed by atoms with Crippen molar-refractivity contribution in [3.05, 3.63) is 71.8 Å². The van der Waals surface area contributed by atoms with E-state index in [1.54, 1.807) is 9.80 Å². The molecule has 0 heterocycles. The van der Waals surface area contributed by atoms with Crippen molar-refractivity contribution >= 4 is 35.0 Å². The third-order valence-electron chi connectivity index (χ3n) is 4.81. The summed E-state index contributed by atoms with van der Waals surface area (Å²) in [4.78, 5) is 27.7. The van der Waals surface area contributed by atoms with Gasteiger partial charge in [-0.1, -0.05) is 60.7 Å². The van der Waals surface area contributed by atoms with Crippen molar-refractivity contribution in [1.82, 2.24) is 9.80 Å². The highest BCUT2D eigenvalue weighted by atomic mass is 35.5. The van der Waals surface area contributed by atoms with Gasteiger partial charge in [-0.25, -0.2) is 0 Å². The fourth-order valence-electron chi connectivity index (χ4n) is 3.01. The summed E-state index contributed by atoms with van der Waals surface area (Å²) in [7, 11) is 0. The van der Waals surface area contributed by atoms with Crippen molar-refractivity contribution in [2.45, 2.75) is 13.2 Å². The standard InChI is InChI=1S/C24H30Cl2N2O4/c25-17-23(29)27(13-15-31-19-21-7-3-1-4-8-21)11-12-28(24(30)18-26)14-16-32-20-22-9-5-2-6-10-22/h1-10H,11-20H2. The molecule has 2 aromatic rings. The largest absolute Gasteiger partial charge is 0.375 e. The molecule has 0 unspecified atom stereocenters. The zero-order valence-electron chi connectivity index (χ0n) is 18.1. The van der Waals surface area contributed by atoms with E-state index in [2.05, 4.69) is 0 Å². The first kappa shape index (κ1) is 26.1. The minimum absolute atomic E-state index is 0.123. The number of ether oxygens (including phenoxy) is 2. The molecule has 8 heteroatoms. The van der Waals surface area contributed by atoms with Crippen LogP contribution in [0.3, 0.4) is 0 Å². The molecule has 0 aromatic heterocycles. The van der Waals surface area contributed by atoms with E-state index in [9.17, 15) is 9.59 Å². The Morgan fingerprint density at radius 3 is 1.34 bits per heavy atom. The molecule has 0 saturated carbocycles. The van der Waals surface area contributed by atoms with Crippen LogP contribution in [0, 0.1) is 0 Å². The molecule has 0 radical (unpaired) electrons. The van der Waals surface area contributed by atoms with E-state index in [4.69, 9.17) is 32.7 Å². The molecular weight excluding hydrogens is 451 g/mol. The van der Waals surface area contributed by atoms with Crippen molar-refractivity contribution in [3.8, 4) is 0 Å². The topological polar surface area (TPSA) is 59.1 Å².